The SMILES string of the molecule is COC(=O)/C=C(/Nc1ccc(OC(C)C)c(Cl)c1)C(=O)OC. The molecule has 0 aliphatic rings. The van der Waals surface area contributed by atoms with Gasteiger partial charge in [0.05, 0.1) is 31.4 Å². The maximum absolute atomic E-state index is 11.6. The predicted octanol–water partition coefficient (Wildman–Crippen LogP) is 2.77. The number of hydrogen-bond acceptors (Lipinski definition) is 6. The molecule has 120 valence electrons. The monoisotopic (exact) mass is 327 g/mol. The lowest BCUT2D eigenvalue weighted by atomic mass is 10.2. The minimum atomic E-state index is -0.705. The number of carbonyl (C=O) groups is 2. The normalized spacial score (nSPS) is 11.1. The van der Waals surface area contributed by atoms with Crippen LogP contribution in [0.5, 0.6) is 5.75 Å². The Bertz CT molecular complexity index is 583. The van der Waals surface area contributed by atoms with Crippen molar-refractivity contribution in [2.75, 3.05) is 19.5 Å². The number of carbonyl (C=O) groups excluding carboxylic acids is 2. The summed E-state index contributed by atoms with van der Waals surface area (Å²) in [5, 5.41) is 3.14. The van der Waals surface area contributed by atoms with Gasteiger partial charge in [0.1, 0.15) is 11.4 Å². The molecule has 0 spiro atoms. The Hall–Kier alpha value is -2.21. The van der Waals surface area contributed by atoms with Crippen LogP contribution in [-0.2, 0) is 19.1 Å². The quantitative estimate of drug-likeness (QED) is 0.639. The van der Waals surface area contributed by atoms with Crippen LogP contribution in [0.15, 0.2) is 30.0 Å². The lowest BCUT2D eigenvalue weighted by molar-refractivity contribution is -0.138. The highest BCUT2D eigenvalue weighted by Gasteiger charge is 2.14. The van der Waals surface area contributed by atoms with Gasteiger partial charge >= 0.3 is 11.9 Å². The van der Waals surface area contributed by atoms with Gasteiger partial charge in [0.25, 0.3) is 0 Å². The molecule has 1 aromatic carbocycles. The number of benzene rings is 1. The fourth-order valence-electron chi connectivity index (χ4n) is 1.52. The van der Waals surface area contributed by atoms with E-state index < -0.39 is 11.9 Å². The first-order valence-corrected chi connectivity index (χ1v) is 6.86. The van der Waals surface area contributed by atoms with E-state index in [1.165, 1.54) is 14.2 Å². The van der Waals surface area contributed by atoms with Gasteiger partial charge in [-0.2, -0.15) is 0 Å². The van der Waals surface area contributed by atoms with E-state index in [1.807, 2.05) is 13.8 Å². The van der Waals surface area contributed by atoms with E-state index >= 15 is 0 Å². The number of nitrogens with one attached hydrogen (secondary N) is 1. The molecule has 22 heavy (non-hydrogen) atoms. The molecule has 0 saturated heterocycles. The standard InChI is InChI=1S/C15H18ClNO5/c1-9(2)22-13-6-5-10(7-11(13)16)17-12(15(19)21-4)8-14(18)20-3/h5-9,17H,1-4H3/b12-8+. The highest BCUT2D eigenvalue weighted by Crippen LogP contribution is 2.29. The van der Waals surface area contributed by atoms with Crippen LogP contribution in [0, 0.1) is 0 Å². The van der Waals surface area contributed by atoms with E-state index in [2.05, 4.69) is 14.8 Å². The number of anilines is 1. The molecule has 0 saturated carbocycles. The Morgan fingerprint density at radius 1 is 1.23 bits per heavy atom. The summed E-state index contributed by atoms with van der Waals surface area (Å²) in [5.41, 5.74) is 0.435. The van der Waals surface area contributed by atoms with Crippen LogP contribution >= 0.6 is 11.6 Å². The Morgan fingerprint density at radius 2 is 1.91 bits per heavy atom. The Labute approximate surface area is 134 Å². The van der Waals surface area contributed by atoms with Crippen molar-refractivity contribution in [3.8, 4) is 5.75 Å². The Morgan fingerprint density at radius 3 is 2.41 bits per heavy atom. The molecular weight excluding hydrogens is 310 g/mol. The first-order chi connectivity index (χ1) is 10.4. The third kappa shape index (κ3) is 5.29. The van der Waals surface area contributed by atoms with Crippen molar-refractivity contribution >= 4 is 29.2 Å². The molecular formula is C15H18ClNO5. The molecule has 0 aliphatic heterocycles. The van der Waals surface area contributed by atoms with Gasteiger partial charge in [-0.05, 0) is 32.0 Å². The summed E-state index contributed by atoms with van der Waals surface area (Å²) in [6.45, 7) is 3.77. The highest BCUT2D eigenvalue weighted by molar-refractivity contribution is 6.32. The molecule has 6 nitrogen and oxygen atoms in total. The second-order valence-corrected chi connectivity index (χ2v) is 4.92. The van der Waals surface area contributed by atoms with Gasteiger partial charge in [-0.25, -0.2) is 9.59 Å². The van der Waals surface area contributed by atoms with Crippen LogP contribution in [0.3, 0.4) is 0 Å². The molecule has 1 aromatic rings. The molecule has 0 atom stereocenters. The van der Waals surface area contributed by atoms with Crippen molar-refractivity contribution in [3.63, 3.8) is 0 Å². The van der Waals surface area contributed by atoms with Crippen LogP contribution in [-0.4, -0.2) is 32.3 Å². The van der Waals surface area contributed by atoms with E-state index in [9.17, 15) is 9.59 Å². The van der Waals surface area contributed by atoms with Gasteiger partial charge < -0.3 is 19.5 Å². The number of hydrogen-bond donors (Lipinski definition) is 1. The van der Waals surface area contributed by atoms with Crippen molar-refractivity contribution < 1.29 is 23.8 Å². The van der Waals surface area contributed by atoms with Gasteiger partial charge in [0, 0.05) is 5.69 Å². The summed E-state index contributed by atoms with van der Waals surface area (Å²) in [5.74, 6) is -0.860. The zero-order chi connectivity index (χ0) is 16.7. The largest absolute Gasteiger partial charge is 0.489 e. The van der Waals surface area contributed by atoms with Crippen molar-refractivity contribution in [2.45, 2.75) is 20.0 Å². The summed E-state index contributed by atoms with van der Waals surface area (Å²) in [4.78, 5) is 22.9. The number of esters is 2. The molecule has 0 unspecified atom stereocenters. The number of methoxy groups -OCH3 is 2. The summed E-state index contributed by atoms with van der Waals surface area (Å²) in [7, 11) is 2.42. The third-order valence-electron chi connectivity index (χ3n) is 2.44. The summed E-state index contributed by atoms with van der Waals surface area (Å²) < 4.78 is 14.6. The third-order valence-corrected chi connectivity index (χ3v) is 2.74. The van der Waals surface area contributed by atoms with Gasteiger partial charge in [0.2, 0.25) is 0 Å². The van der Waals surface area contributed by atoms with E-state index in [4.69, 9.17) is 16.3 Å². The van der Waals surface area contributed by atoms with Gasteiger partial charge in [0.15, 0.2) is 0 Å². The summed E-state index contributed by atoms with van der Waals surface area (Å²) in [6.07, 6.45) is 0.985. The zero-order valence-electron chi connectivity index (χ0n) is 12.8. The van der Waals surface area contributed by atoms with Gasteiger partial charge in [-0.1, -0.05) is 11.6 Å². The van der Waals surface area contributed by atoms with Crippen LogP contribution < -0.4 is 10.1 Å². The summed E-state index contributed by atoms with van der Waals surface area (Å²) in [6, 6.07) is 4.91. The van der Waals surface area contributed by atoms with Gasteiger partial charge in [-0.3, -0.25) is 0 Å². The predicted molar refractivity (Wildman–Crippen MR) is 83.0 cm³/mol. The van der Waals surface area contributed by atoms with Crippen molar-refractivity contribution in [2.24, 2.45) is 0 Å². The minimum Gasteiger partial charge on any atom is -0.489 e. The topological polar surface area (TPSA) is 73.9 Å². The van der Waals surface area contributed by atoms with Crippen molar-refractivity contribution in [1.29, 1.82) is 0 Å². The average Bonchev–Trinajstić information content (AvgIpc) is 2.47. The molecule has 0 fully saturated rings. The average molecular weight is 328 g/mol. The molecule has 1 N–H and O–H groups in total. The van der Waals surface area contributed by atoms with E-state index in [0.717, 1.165) is 6.08 Å². The second kappa shape index (κ2) is 8.29. The van der Waals surface area contributed by atoms with Crippen LogP contribution in [0.2, 0.25) is 5.02 Å². The number of ether oxygens (including phenoxy) is 3. The highest BCUT2D eigenvalue weighted by atomic mass is 35.5. The number of rotatable bonds is 6. The molecule has 1 rings (SSSR count). The van der Waals surface area contributed by atoms with Crippen LogP contribution in [0.1, 0.15) is 13.8 Å². The first kappa shape index (κ1) is 17.8. The van der Waals surface area contributed by atoms with E-state index in [1.54, 1.807) is 18.2 Å². The van der Waals surface area contributed by atoms with Crippen LogP contribution in [0.4, 0.5) is 5.69 Å². The molecule has 0 aliphatic carbocycles. The Balaban J connectivity index is 2.99. The molecule has 0 heterocycles. The van der Waals surface area contributed by atoms with E-state index in [0.29, 0.717) is 16.5 Å². The maximum Gasteiger partial charge on any atom is 0.354 e. The fraction of sp³-hybridized carbons (Fsp3) is 0.333. The number of halogens is 1. The lowest BCUT2D eigenvalue weighted by Crippen LogP contribution is -2.15. The van der Waals surface area contributed by atoms with Crippen molar-refractivity contribution in [3.05, 3.63) is 35.0 Å². The van der Waals surface area contributed by atoms with Crippen molar-refractivity contribution in [1.82, 2.24) is 0 Å². The smallest absolute Gasteiger partial charge is 0.354 e. The zero-order valence-corrected chi connectivity index (χ0v) is 13.6. The van der Waals surface area contributed by atoms with E-state index in [-0.39, 0.29) is 11.8 Å². The maximum atomic E-state index is 11.6. The second-order valence-electron chi connectivity index (χ2n) is 4.51. The first-order valence-electron chi connectivity index (χ1n) is 6.48. The Kier molecular flexibility index (Phi) is 6.72. The molecule has 0 bridgehead atoms. The fourth-order valence-corrected chi connectivity index (χ4v) is 1.74. The van der Waals surface area contributed by atoms with Gasteiger partial charge in [-0.15, -0.1) is 0 Å². The molecule has 0 amide bonds. The molecule has 7 heteroatoms. The minimum absolute atomic E-state index is 0.0128. The van der Waals surface area contributed by atoms with Crippen LogP contribution in [0.25, 0.3) is 0 Å². The molecule has 0 radical (unpaired) electrons. The summed E-state index contributed by atoms with van der Waals surface area (Å²) >= 11 is 6.11. The molecule has 0 aromatic heterocycles. The lowest BCUT2D eigenvalue weighted by Gasteiger charge is -2.13.